The lowest BCUT2D eigenvalue weighted by Gasteiger charge is -2.14. The van der Waals surface area contributed by atoms with Crippen LogP contribution < -0.4 is 0 Å². The summed E-state index contributed by atoms with van der Waals surface area (Å²) in [7, 11) is 0. The lowest BCUT2D eigenvalue weighted by atomic mass is 9.98. The molecule has 0 saturated carbocycles. The third-order valence-electron chi connectivity index (χ3n) is 2.72. The van der Waals surface area contributed by atoms with E-state index in [1.165, 1.54) is 0 Å². The number of isocyanates is 1. The number of aryl methyl sites for hydroxylation is 1. The number of hydrogen-bond acceptors (Lipinski definition) is 3. The molecule has 0 amide bonds. The Kier molecular flexibility index (Phi) is 2.41. The molecule has 0 fully saturated rings. The molecule has 82 valence electrons. The van der Waals surface area contributed by atoms with Crippen LogP contribution in [0.5, 0.6) is 0 Å². The third-order valence-corrected chi connectivity index (χ3v) is 2.72. The zero-order valence-electron chi connectivity index (χ0n) is 9.57. The van der Waals surface area contributed by atoms with Gasteiger partial charge in [0, 0.05) is 10.9 Å². The maximum atomic E-state index is 10.4. The zero-order valence-corrected chi connectivity index (χ0v) is 9.57. The Hall–Kier alpha value is -1.86. The van der Waals surface area contributed by atoms with Crippen LogP contribution in [0.15, 0.2) is 33.7 Å². The highest BCUT2D eigenvalue weighted by Gasteiger charge is 2.27. The van der Waals surface area contributed by atoms with Crippen LogP contribution in [0.3, 0.4) is 0 Å². The molecule has 1 heterocycles. The number of rotatable bonds is 2. The summed E-state index contributed by atoms with van der Waals surface area (Å²) >= 11 is 0. The summed E-state index contributed by atoms with van der Waals surface area (Å²) < 4.78 is 5.74. The number of furan rings is 1. The van der Waals surface area contributed by atoms with E-state index in [0.717, 1.165) is 22.3 Å². The summed E-state index contributed by atoms with van der Waals surface area (Å²) in [6, 6.07) is 7.79. The maximum Gasteiger partial charge on any atom is 0.235 e. The van der Waals surface area contributed by atoms with Crippen molar-refractivity contribution in [3.8, 4) is 0 Å². The van der Waals surface area contributed by atoms with Crippen molar-refractivity contribution >= 4 is 17.0 Å². The summed E-state index contributed by atoms with van der Waals surface area (Å²) in [5, 5.41) is 1.06. The minimum absolute atomic E-state index is 0.662. The fourth-order valence-corrected chi connectivity index (χ4v) is 1.92. The molecule has 0 aliphatic rings. The predicted molar refractivity (Wildman–Crippen MR) is 62.1 cm³/mol. The summed E-state index contributed by atoms with van der Waals surface area (Å²) in [5.41, 5.74) is 1.19. The van der Waals surface area contributed by atoms with Crippen LogP contribution in [0, 0.1) is 6.92 Å². The topological polar surface area (TPSA) is 42.6 Å². The number of hydrogen-bond donors (Lipinski definition) is 0. The van der Waals surface area contributed by atoms with Gasteiger partial charge in [-0.15, -0.1) is 0 Å². The number of benzene rings is 1. The molecule has 0 bridgehead atoms. The van der Waals surface area contributed by atoms with Gasteiger partial charge in [0.2, 0.25) is 6.08 Å². The lowest BCUT2D eigenvalue weighted by molar-refractivity contribution is 0.409. The molecule has 16 heavy (non-hydrogen) atoms. The van der Waals surface area contributed by atoms with E-state index in [1.54, 1.807) is 6.08 Å². The molecular weight excluding hydrogens is 202 g/mol. The molecular formula is C13H13NO2. The average molecular weight is 215 g/mol. The van der Waals surface area contributed by atoms with E-state index in [-0.39, 0.29) is 0 Å². The van der Waals surface area contributed by atoms with Crippen molar-refractivity contribution in [2.75, 3.05) is 0 Å². The lowest BCUT2D eigenvalue weighted by Crippen LogP contribution is -2.13. The van der Waals surface area contributed by atoms with E-state index < -0.39 is 5.54 Å². The van der Waals surface area contributed by atoms with Crippen LogP contribution in [-0.4, -0.2) is 6.08 Å². The maximum absolute atomic E-state index is 10.4. The summed E-state index contributed by atoms with van der Waals surface area (Å²) in [6.45, 7) is 5.65. The van der Waals surface area contributed by atoms with Crippen molar-refractivity contribution < 1.29 is 9.21 Å². The van der Waals surface area contributed by atoms with Gasteiger partial charge in [0.1, 0.15) is 16.9 Å². The predicted octanol–water partition coefficient (Wildman–Crippen LogP) is 3.31. The minimum Gasteiger partial charge on any atom is -0.458 e. The molecule has 0 spiro atoms. The van der Waals surface area contributed by atoms with Gasteiger partial charge in [-0.05, 0) is 26.8 Å². The summed E-state index contributed by atoms with van der Waals surface area (Å²) in [5.74, 6) is 0.719. The van der Waals surface area contributed by atoms with Crippen molar-refractivity contribution in [3.05, 3.63) is 35.6 Å². The van der Waals surface area contributed by atoms with Crippen molar-refractivity contribution in [3.63, 3.8) is 0 Å². The van der Waals surface area contributed by atoms with Gasteiger partial charge in [-0.2, -0.15) is 4.99 Å². The Morgan fingerprint density at radius 1 is 1.31 bits per heavy atom. The summed E-state index contributed by atoms with van der Waals surface area (Å²) in [6.07, 6.45) is 1.59. The molecule has 0 N–H and O–H groups in total. The fourth-order valence-electron chi connectivity index (χ4n) is 1.92. The molecule has 2 rings (SSSR count). The van der Waals surface area contributed by atoms with Crippen molar-refractivity contribution in [1.82, 2.24) is 0 Å². The Balaban J connectivity index is 2.70. The molecule has 0 aliphatic heterocycles. The van der Waals surface area contributed by atoms with Crippen molar-refractivity contribution in [2.24, 2.45) is 4.99 Å². The Labute approximate surface area is 93.8 Å². The third kappa shape index (κ3) is 1.55. The number of nitrogens with zero attached hydrogens (tertiary/aromatic N) is 1. The van der Waals surface area contributed by atoms with Gasteiger partial charge >= 0.3 is 0 Å². The van der Waals surface area contributed by atoms with E-state index in [0.29, 0.717) is 0 Å². The molecule has 0 radical (unpaired) electrons. The minimum atomic E-state index is -0.662. The highest BCUT2D eigenvalue weighted by Crippen LogP contribution is 2.34. The van der Waals surface area contributed by atoms with Crippen LogP contribution in [0.4, 0.5) is 0 Å². The number of aliphatic imine (C=N–C) groups is 1. The average Bonchev–Trinajstić information content (AvgIpc) is 2.58. The molecule has 3 nitrogen and oxygen atoms in total. The van der Waals surface area contributed by atoms with Gasteiger partial charge in [-0.25, -0.2) is 4.79 Å². The Morgan fingerprint density at radius 2 is 2.00 bits per heavy atom. The van der Waals surface area contributed by atoms with Gasteiger partial charge in [-0.3, -0.25) is 0 Å². The monoisotopic (exact) mass is 215 g/mol. The molecule has 1 aromatic carbocycles. The van der Waals surface area contributed by atoms with Crippen LogP contribution in [0.2, 0.25) is 0 Å². The smallest absolute Gasteiger partial charge is 0.235 e. The van der Waals surface area contributed by atoms with Crippen LogP contribution in [-0.2, 0) is 10.3 Å². The van der Waals surface area contributed by atoms with Gasteiger partial charge in [0.25, 0.3) is 0 Å². The van der Waals surface area contributed by atoms with Gasteiger partial charge < -0.3 is 4.42 Å². The van der Waals surface area contributed by atoms with E-state index in [4.69, 9.17) is 4.42 Å². The second kappa shape index (κ2) is 3.62. The fraction of sp³-hybridized carbons (Fsp3) is 0.308. The second-order valence-electron chi connectivity index (χ2n) is 4.31. The molecule has 3 heteroatoms. The Morgan fingerprint density at radius 3 is 2.62 bits per heavy atom. The van der Waals surface area contributed by atoms with Gasteiger partial charge in [-0.1, -0.05) is 18.2 Å². The van der Waals surface area contributed by atoms with Gasteiger partial charge in [0.05, 0.1) is 0 Å². The van der Waals surface area contributed by atoms with E-state index in [2.05, 4.69) is 4.99 Å². The molecule has 1 aromatic heterocycles. The first-order chi connectivity index (χ1) is 7.56. The highest BCUT2D eigenvalue weighted by atomic mass is 16.3. The first-order valence-corrected chi connectivity index (χ1v) is 5.14. The quantitative estimate of drug-likeness (QED) is 0.569. The summed E-state index contributed by atoms with van der Waals surface area (Å²) in [4.78, 5) is 14.2. The zero-order chi connectivity index (χ0) is 11.8. The number of para-hydroxylation sites is 1. The Bertz CT molecular complexity index is 575. The number of carbonyl (C=O) groups excluding carboxylic acids is 1. The number of fused-ring (bicyclic) bond motifs is 1. The van der Waals surface area contributed by atoms with E-state index >= 15 is 0 Å². The standard InChI is InChI=1S/C13H13NO2/c1-9-10-6-4-5-7-11(10)16-12(9)13(2,3)14-8-15/h4-7H,1-3H3. The molecule has 0 unspecified atom stereocenters. The van der Waals surface area contributed by atoms with E-state index in [9.17, 15) is 4.79 Å². The largest absolute Gasteiger partial charge is 0.458 e. The first kappa shape index (κ1) is 10.7. The molecule has 2 aromatic rings. The second-order valence-corrected chi connectivity index (χ2v) is 4.31. The SMILES string of the molecule is Cc1c(C(C)(C)N=C=O)oc2ccccc12. The first-order valence-electron chi connectivity index (χ1n) is 5.14. The van der Waals surface area contributed by atoms with Crippen LogP contribution in [0.1, 0.15) is 25.2 Å². The molecule has 0 atom stereocenters. The highest BCUT2D eigenvalue weighted by molar-refractivity contribution is 5.82. The van der Waals surface area contributed by atoms with Crippen molar-refractivity contribution in [2.45, 2.75) is 26.3 Å². The molecule has 0 aliphatic carbocycles. The molecule has 0 saturated heterocycles. The normalized spacial score (nSPS) is 11.4. The van der Waals surface area contributed by atoms with Gasteiger partial charge in [0.15, 0.2) is 0 Å². The van der Waals surface area contributed by atoms with Crippen LogP contribution >= 0.6 is 0 Å². The van der Waals surface area contributed by atoms with Crippen molar-refractivity contribution in [1.29, 1.82) is 0 Å². The van der Waals surface area contributed by atoms with E-state index in [1.807, 2.05) is 45.0 Å². The van der Waals surface area contributed by atoms with Crippen LogP contribution in [0.25, 0.3) is 11.0 Å².